The van der Waals surface area contributed by atoms with E-state index in [9.17, 15) is 0 Å². The lowest BCUT2D eigenvalue weighted by Crippen LogP contribution is -2.41. The van der Waals surface area contributed by atoms with Gasteiger partial charge in [-0.2, -0.15) is 0 Å². The van der Waals surface area contributed by atoms with Crippen molar-refractivity contribution in [1.29, 1.82) is 0 Å². The predicted octanol–water partition coefficient (Wildman–Crippen LogP) is 3.13. The number of nitrogens with zero attached hydrogens (tertiary/aromatic N) is 5. The molecule has 6 nitrogen and oxygen atoms in total. The van der Waals surface area contributed by atoms with Crippen molar-refractivity contribution in [3.05, 3.63) is 12.4 Å². The van der Waals surface area contributed by atoms with Crippen LogP contribution in [-0.2, 0) is 0 Å². The molecule has 0 spiro atoms. The molecule has 1 fully saturated rings. The lowest BCUT2D eigenvalue weighted by Gasteiger charge is -2.30. The highest BCUT2D eigenvalue weighted by atomic mass is 15.7. The van der Waals surface area contributed by atoms with Gasteiger partial charge in [0.05, 0.1) is 0 Å². The number of hydrazone groups is 1. The van der Waals surface area contributed by atoms with Gasteiger partial charge in [0.2, 0.25) is 5.96 Å². The Kier molecular flexibility index (Phi) is 6.19. The van der Waals surface area contributed by atoms with Crippen LogP contribution in [0.3, 0.4) is 0 Å². The highest BCUT2D eigenvalue weighted by Crippen LogP contribution is 2.30. The van der Waals surface area contributed by atoms with E-state index in [1.807, 2.05) is 30.8 Å². The smallest absolute Gasteiger partial charge is 0.215 e. The minimum absolute atomic E-state index is 0.103. The summed E-state index contributed by atoms with van der Waals surface area (Å²) in [5, 5.41) is 6.26. The first-order valence-electron chi connectivity index (χ1n) is 8.62. The van der Waals surface area contributed by atoms with Gasteiger partial charge >= 0.3 is 0 Å². The van der Waals surface area contributed by atoms with Gasteiger partial charge in [0.25, 0.3) is 0 Å². The van der Waals surface area contributed by atoms with E-state index in [0.717, 1.165) is 12.3 Å². The quantitative estimate of drug-likeness (QED) is 0.625. The number of nitrogens with two attached hydrogens (primary N) is 1. The molecule has 0 bridgehead atoms. The summed E-state index contributed by atoms with van der Waals surface area (Å²) in [7, 11) is 1.98. The molecule has 2 N–H and O–H groups in total. The molecule has 1 saturated carbocycles. The standard InChI is InChI=1S/C17H30N6/c1-5-19-13(2)20-14(3)23-16(22(4)17(18)21-23)12-11-15-9-7-6-8-10-15/h5,15-16H,3,6-12H2,1-2,4H3,(H2,18,21)/b19-5?,20-13-. The minimum atomic E-state index is 0.103. The maximum atomic E-state index is 6.01. The van der Waals surface area contributed by atoms with E-state index in [2.05, 4.69) is 21.7 Å². The molecule has 0 amide bonds. The van der Waals surface area contributed by atoms with Crippen LogP contribution in [0.4, 0.5) is 0 Å². The van der Waals surface area contributed by atoms with Gasteiger partial charge in [0.1, 0.15) is 17.8 Å². The maximum absolute atomic E-state index is 6.01. The third kappa shape index (κ3) is 4.56. The molecule has 0 aromatic heterocycles. The van der Waals surface area contributed by atoms with Crippen LogP contribution in [-0.4, -0.2) is 41.1 Å². The molecule has 23 heavy (non-hydrogen) atoms. The van der Waals surface area contributed by atoms with Crippen LogP contribution >= 0.6 is 0 Å². The Labute approximate surface area is 139 Å². The molecule has 0 aromatic carbocycles. The molecule has 6 heteroatoms. The number of aliphatic imine (C=N–C) groups is 2. The average molecular weight is 318 g/mol. The Morgan fingerprint density at radius 2 is 2.04 bits per heavy atom. The molecule has 0 radical (unpaired) electrons. The van der Waals surface area contributed by atoms with Crippen molar-refractivity contribution in [2.75, 3.05) is 7.05 Å². The number of hydrogen-bond donors (Lipinski definition) is 1. The van der Waals surface area contributed by atoms with Gasteiger partial charge in [-0.1, -0.05) is 38.7 Å². The van der Waals surface area contributed by atoms with E-state index < -0.39 is 0 Å². The minimum Gasteiger partial charge on any atom is -0.368 e. The summed E-state index contributed by atoms with van der Waals surface area (Å²) in [6, 6.07) is 0. The largest absolute Gasteiger partial charge is 0.368 e. The lowest BCUT2D eigenvalue weighted by atomic mass is 9.86. The zero-order valence-corrected chi connectivity index (χ0v) is 14.7. The maximum Gasteiger partial charge on any atom is 0.215 e. The number of amidine groups is 1. The summed E-state index contributed by atoms with van der Waals surface area (Å²) >= 11 is 0. The molecule has 1 aliphatic carbocycles. The van der Waals surface area contributed by atoms with Gasteiger partial charge in [0.15, 0.2) is 0 Å². The first kappa shape index (κ1) is 17.5. The summed E-state index contributed by atoms with van der Waals surface area (Å²) in [6.07, 6.45) is 10.9. The van der Waals surface area contributed by atoms with E-state index in [0.29, 0.717) is 17.6 Å². The summed E-state index contributed by atoms with van der Waals surface area (Å²) in [4.78, 5) is 10.6. The second kappa shape index (κ2) is 8.13. The normalized spacial score (nSPS) is 23.7. The Morgan fingerprint density at radius 1 is 1.35 bits per heavy atom. The molecule has 1 heterocycles. The van der Waals surface area contributed by atoms with E-state index in [1.165, 1.54) is 38.5 Å². The molecule has 128 valence electrons. The monoisotopic (exact) mass is 318 g/mol. The van der Waals surface area contributed by atoms with Crippen molar-refractivity contribution in [1.82, 2.24) is 9.91 Å². The average Bonchev–Trinajstić information content (AvgIpc) is 2.82. The van der Waals surface area contributed by atoms with E-state index >= 15 is 0 Å². The van der Waals surface area contributed by atoms with Crippen molar-refractivity contribution in [2.24, 2.45) is 26.7 Å². The van der Waals surface area contributed by atoms with Gasteiger partial charge < -0.3 is 10.6 Å². The summed E-state index contributed by atoms with van der Waals surface area (Å²) < 4.78 is 0. The Bertz CT molecular complexity index is 501. The van der Waals surface area contributed by atoms with Crippen LogP contribution in [0.1, 0.15) is 58.8 Å². The fourth-order valence-electron chi connectivity index (χ4n) is 3.42. The molecule has 0 saturated heterocycles. The van der Waals surface area contributed by atoms with Crippen molar-refractivity contribution < 1.29 is 0 Å². The first-order chi connectivity index (χ1) is 11.0. The molecule has 2 aliphatic rings. The molecular formula is C17H30N6. The fraction of sp³-hybridized carbons (Fsp3) is 0.706. The lowest BCUT2D eigenvalue weighted by molar-refractivity contribution is 0.158. The van der Waals surface area contributed by atoms with Gasteiger partial charge in [-0.3, -0.25) is 0 Å². The van der Waals surface area contributed by atoms with E-state index in [1.54, 1.807) is 6.21 Å². The molecule has 1 unspecified atom stereocenters. The second-order valence-corrected chi connectivity index (χ2v) is 6.44. The molecular weight excluding hydrogens is 288 g/mol. The number of rotatable bonds is 5. The summed E-state index contributed by atoms with van der Waals surface area (Å²) in [5.41, 5.74) is 6.01. The van der Waals surface area contributed by atoms with Crippen molar-refractivity contribution in [3.63, 3.8) is 0 Å². The van der Waals surface area contributed by atoms with Crippen LogP contribution in [0.25, 0.3) is 0 Å². The van der Waals surface area contributed by atoms with E-state index in [-0.39, 0.29) is 6.17 Å². The fourth-order valence-corrected chi connectivity index (χ4v) is 3.42. The summed E-state index contributed by atoms with van der Waals surface area (Å²) in [5.74, 6) is 2.62. The zero-order valence-electron chi connectivity index (χ0n) is 14.7. The van der Waals surface area contributed by atoms with Gasteiger partial charge in [-0.15, -0.1) is 5.10 Å². The Hall–Kier alpha value is -1.85. The first-order valence-corrected chi connectivity index (χ1v) is 8.62. The Balaban J connectivity index is 2.00. The molecule has 1 atom stereocenters. The van der Waals surface area contributed by atoms with Gasteiger partial charge in [0, 0.05) is 13.3 Å². The van der Waals surface area contributed by atoms with Gasteiger partial charge in [-0.25, -0.2) is 15.0 Å². The van der Waals surface area contributed by atoms with Crippen LogP contribution in [0.5, 0.6) is 0 Å². The van der Waals surface area contributed by atoms with Crippen LogP contribution in [0.15, 0.2) is 27.5 Å². The number of hydrogen-bond acceptors (Lipinski definition) is 5. The SMILES string of the molecule is C=C(/N=C(/C)N=CC)N1N=C(N)N(C)C1CCC1CCCCC1. The van der Waals surface area contributed by atoms with Crippen molar-refractivity contribution >= 4 is 18.0 Å². The number of guanidine groups is 1. The van der Waals surface area contributed by atoms with Crippen LogP contribution < -0.4 is 5.73 Å². The zero-order chi connectivity index (χ0) is 16.8. The van der Waals surface area contributed by atoms with Crippen molar-refractivity contribution in [3.8, 4) is 0 Å². The molecule has 2 rings (SSSR count). The van der Waals surface area contributed by atoms with E-state index in [4.69, 9.17) is 5.73 Å². The third-order valence-electron chi connectivity index (χ3n) is 4.73. The predicted molar refractivity (Wildman–Crippen MR) is 97.2 cm³/mol. The van der Waals surface area contributed by atoms with Gasteiger partial charge in [-0.05, 0) is 32.6 Å². The third-order valence-corrected chi connectivity index (χ3v) is 4.73. The second-order valence-electron chi connectivity index (χ2n) is 6.44. The molecule has 0 aromatic rings. The highest BCUT2D eigenvalue weighted by Gasteiger charge is 2.32. The topological polar surface area (TPSA) is 69.6 Å². The van der Waals surface area contributed by atoms with Crippen LogP contribution in [0.2, 0.25) is 0 Å². The summed E-state index contributed by atoms with van der Waals surface area (Å²) in [6.45, 7) is 7.77. The molecule has 1 aliphatic heterocycles. The highest BCUT2D eigenvalue weighted by molar-refractivity contribution is 5.87. The Morgan fingerprint density at radius 3 is 2.70 bits per heavy atom. The van der Waals surface area contributed by atoms with Crippen LogP contribution in [0, 0.1) is 5.92 Å². The van der Waals surface area contributed by atoms with Crippen molar-refractivity contribution in [2.45, 2.75) is 65.0 Å².